The molecule has 1 aromatic carbocycles. The first-order chi connectivity index (χ1) is 14.6. The van der Waals surface area contributed by atoms with Crippen LogP contribution in [0, 0.1) is 0 Å². The van der Waals surface area contributed by atoms with Gasteiger partial charge in [0.05, 0.1) is 25.3 Å². The van der Waals surface area contributed by atoms with Gasteiger partial charge in [0, 0.05) is 32.2 Å². The highest BCUT2D eigenvalue weighted by atomic mass is 16.5. The van der Waals surface area contributed by atoms with Crippen molar-refractivity contribution in [1.82, 2.24) is 19.8 Å². The summed E-state index contributed by atoms with van der Waals surface area (Å²) in [7, 11) is 5.68. The SMILES string of the molecule is CNc1nc([C@H]2CCCCN2C(=O)Cc2cccc(OC)c2)nc2c1CCN(C)C2. The van der Waals surface area contributed by atoms with Gasteiger partial charge in [-0.25, -0.2) is 9.97 Å². The Bertz CT molecular complexity index is 916. The van der Waals surface area contributed by atoms with Crippen LogP contribution in [0.3, 0.4) is 0 Å². The van der Waals surface area contributed by atoms with E-state index in [0.29, 0.717) is 6.42 Å². The number of piperidine rings is 1. The summed E-state index contributed by atoms with van der Waals surface area (Å²) in [6, 6.07) is 7.67. The lowest BCUT2D eigenvalue weighted by Crippen LogP contribution is -2.40. The zero-order chi connectivity index (χ0) is 21.1. The number of carbonyl (C=O) groups is 1. The van der Waals surface area contributed by atoms with Crippen molar-refractivity contribution < 1.29 is 9.53 Å². The van der Waals surface area contributed by atoms with Gasteiger partial charge in [0.1, 0.15) is 11.6 Å². The topological polar surface area (TPSA) is 70.6 Å². The molecule has 1 atom stereocenters. The molecule has 7 nitrogen and oxygen atoms in total. The average Bonchev–Trinajstić information content (AvgIpc) is 2.78. The number of ether oxygens (including phenoxy) is 1. The standard InChI is InChI=1S/C23H31N5O2/c1-24-22-18-10-12-27(2)15-19(18)25-23(26-22)20-9-4-5-11-28(20)21(29)14-16-7-6-8-17(13-16)30-3/h6-8,13,20H,4-5,9-12,14-15H2,1-3H3,(H,24,25,26)/t20-/m1/s1. The van der Waals surface area contributed by atoms with E-state index >= 15 is 0 Å². The number of likely N-dealkylation sites (tertiary alicyclic amines) is 1. The number of nitrogens with one attached hydrogen (secondary N) is 1. The normalized spacial score (nSPS) is 19.3. The lowest BCUT2D eigenvalue weighted by molar-refractivity contribution is -0.134. The number of likely N-dealkylation sites (N-methyl/N-ethyl adjacent to an activating group) is 1. The van der Waals surface area contributed by atoms with E-state index in [-0.39, 0.29) is 11.9 Å². The molecule has 1 amide bonds. The van der Waals surface area contributed by atoms with E-state index < -0.39 is 0 Å². The molecule has 30 heavy (non-hydrogen) atoms. The Morgan fingerprint density at radius 2 is 2.13 bits per heavy atom. The number of hydrogen-bond acceptors (Lipinski definition) is 6. The van der Waals surface area contributed by atoms with Crippen molar-refractivity contribution in [2.45, 2.75) is 44.7 Å². The lowest BCUT2D eigenvalue weighted by Gasteiger charge is -2.36. The van der Waals surface area contributed by atoms with Crippen LogP contribution in [0.1, 0.15) is 47.9 Å². The van der Waals surface area contributed by atoms with Crippen molar-refractivity contribution in [3.05, 3.63) is 46.9 Å². The van der Waals surface area contributed by atoms with E-state index in [0.717, 1.165) is 74.0 Å². The summed E-state index contributed by atoms with van der Waals surface area (Å²) in [4.78, 5) is 27.3. The predicted octanol–water partition coefficient (Wildman–Crippen LogP) is 2.81. The van der Waals surface area contributed by atoms with Gasteiger partial charge in [0.15, 0.2) is 5.82 Å². The minimum Gasteiger partial charge on any atom is -0.497 e. The maximum atomic E-state index is 13.3. The molecule has 0 unspecified atom stereocenters. The second kappa shape index (κ2) is 9.00. The molecule has 0 spiro atoms. The molecule has 2 aliphatic heterocycles. The van der Waals surface area contributed by atoms with Crippen molar-refractivity contribution in [3.63, 3.8) is 0 Å². The van der Waals surface area contributed by atoms with E-state index in [4.69, 9.17) is 14.7 Å². The molecule has 160 valence electrons. The predicted molar refractivity (Wildman–Crippen MR) is 117 cm³/mol. The second-order valence-electron chi connectivity index (χ2n) is 8.22. The number of benzene rings is 1. The third-order valence-corrected chi connectivity index (χ3v) is 6.12. The molecule has 0 aliphatic carbocycles. The van der Waals surface area contributed by atoms with Crippen molar-refractivity contribution in [2.75, 3.05) is 39.6 Å². The van der Waals surface area contributed by atoms with Gasteiger partial charge in [-0.3, -0.25) is 4.79 Å². The lowest BCUT2D eigenvalue weighted by atomic mass is 9.99. The van der Waals surface area contributed by atoms with E-state index in [1.165, 1.54) is 5.56 Å². The number of aromatic nitrogens is 2. The molecule has 0 radical (unpaired) electrons. The molecule has 7 heteroatoms. The van der Waals surface area contributed by atoms with Crippen LogP contribution in [0.2, 0.25) is 0 Å². The molecule has 0 saturated carbocycles. The summed E-state index contributed by atoms with van der Waals surface area (Å²) in [5, 5.41) is 3.26. The number of methoxy groups -OCH3 is 1. The molecule has 1 N–H and O–H groups in total. The maximum Gasteiger partial charge on any atom is 0.227 e. The van der Waals surface area contributed by atoms with Crippen molar-refractivity contribution >= 4 is 11.7 Å². The van der Waals surface area contributed by atoms with Gasteiger partial charge in [-0.05, 0) is 50.4 Å². The molecule has 4 rings (SSSR count). The summed E-state index contributed by atoms with van der Waals surface area (Å²) in [5.41, 5.74) is 3.26. The van der Waals surface area contributed by atoms with Crippen LogP contribution < -0.4 is 10.1 Å². The molecule has 1 saturated heterocycles. The number of anilines is 1. The maximum absolute atomic E-state index is 13.3. The summed E-state index contributed by atoms with van der Waals surface area (Å²) in [6.45, 7) is 2.59. The van der Waals surface area contributed by atoms with Crippen LogP contribution >= 0.6 is 0 Å². The van der Waals surface area contributed by atoms with Crippen molar-refractivity contribution in [2.24, 2.45) is 0 Å². The fourth-order valence-corrected chi connectivity index (χ4v) is 4.49. The molecule has 3 heterocycles. The van der Waals surface area contributed by atoms with E-state index in [1.54, 1.807) is 7.11 Å². The number of hydrogen-bond donors (Lipinski definition) is 1. The van der Waals surface area contributed by atoms with Crippen LogP contribution in [0.15, 0.2) is 24.3 Å². The minimum atomic E-state index is -0.0681. The Labute approximate surface area is 178 Å². The van der Waals surface area contributed by atoms with Gasteiger partial charge in [0.2, 0.25) is 5.91 Å². The zero-order valence-corrected chi connectivity index (χ0v) is 18.1. The molecule has 1 fully saturated rings. The summed E-state index contributed by atoms with van der Waals surface area (Å²) < 4.78 is 5.30. The number of nitrogens with zero attached hydrogens (tertiary/aromatic N) is 4. The monoisotopic (exact) mass is 409 g/mol. The second-order valence-corrected chi connectivity index (χ2v) is 8.22. The fourth-order valence-electron chi connectivity index (χ4n) is 4.49. The Kier molecular flexibility index (Phi) is 6.18. The molecule has 2 aliphatic rings. The highest BCUT2D eigenvalue weighted by molar-refractivity contribution is 5.79. The first kappa shape index (κ1) is 20.6. The number of fused-ring (bicyclic) bond motifs is 1. The van der Waals surface area contributed by atoms with Crippen molar-refractivity contribution in [3.8, 4) is 5.75 Å². The quantitative estimate of drug-likeness (QED) is 0.819. The Hall–Kier alpha value is -2.67. The molecule has 1 aromatic heterocycles. The van der Waals surface area contributed by atoms with Gasteiger partial charge in [-0.15, -0.1) is 0 Å². The van der Waals surface area contributed by atoms with Gasteiger partial charge in [-0.1, -0.05) is 12.1 Å². The van der Waals surface area contributed by atoms with Crippen LogP contribution in [-0.4, -0.2) is 60.0 Å². The summed E-state index contributed by atoms with van der Waals surface area (Å²) in [6.07, 6.45) is 4.32. The molecule has 2 aromatic rings. The largest absolute Gasteiger partial charge is 0.497 e. The number of amides is 1. The zero-order valence-electron chi connectivity index (χ0n) is 18.1. The smallest absolute Gasteiger partial charge is 0.227 e. The Morgan fingerprint density at radius 1 is 1.27 bits per heavy atom. The number of rotatable bonds is 5. The third-order valence-electron chi connectivity index (χ3n) is 6.12. The van der Waals surface area contributed by atoms with Crippen LogP contribution in [0.5, 0.6) is 5.75 Å². The van der Waals surface area contributed by atoms with Crippen LogP contribution in [0.4, 0.5) is 5.82 Å². The highest BCUT2D eigenvalue weighted by Gasteiger charge is 2.32. The van der Waals surface area contributed by atoms with Gasteiger partial charge >= 0.3 is 0 Å². The summed E-state index contributed by atoms with van der Waals surface area (Å²) in [5.74, 6) is 2.58. The number of carbonyl (C=O) groups excluding carboxylic acids is 1. The van der Waals surface area contributed by atoms with Crippen LogP contribution in [0.25, 0.3) is 0 Å². The average molecular weight is 410 g/mol. The van der Waals surface area contributed by atoms with Gasteiger partial charge in [0.25, 0.3) is 0 Å². The van der Waals surface area contributed by atoms with Crippen molar-refractivity contribution in [1.29, 1.82) is 0 Å². The van der Waals surface area contributed by atoms with Crippen LogP contribution in [-0.2, 0) is 24.2 Å². The fraction of sp³-hybridized carbons (Fsp3) is 0.522. The van der Waals surface area contributed by atoms with E-state index in [2.05, 4.69) is 17.3 Å². The Morgan fingerprint density at radius 3 is 2.93 bits per heavy atom. The van der Waals surface area contributed by atoms with Gasteiger partial charge in [-0.2, -0.15) is 0 Å². The molecule has 0 bridgehead atoms. The highest BCUT2D eigenvalue weighted by Crippen LogP contribution is 2.32. The minimum absolute atomic E-state index is 0.0681. The van der Waals surface area contributed by atoms with Gasteiger partial charge < -0.3 is 19.9 Å². The molecular weight excluding hydrogens is 378 g/mol. The van der Waals surface area contributed by atoms with E-state index in [1.807, 2.05) is 36.2 Å². The Balaban J connectivity index is 1.60. The summed E-state index contributed by atoms with van der Waals surface area (Å²) >= 11 is 0. The molecular formula is C23H31N5O2. The first-order valence-electron chi connectivity index (χ1n) is 10.8. The van der Waals surface area contributed by atoms with E-state index in [9.17, 15) is 4.79 Å². The first-order valence-corrected chi connectivity index (χ1v) is 10.8. The third kappa shape index (κ3) is 4.26.